The van der Waals surface area contributed by atoms with Crippen molar-refractivity contribution >= 4 is 5.69 Å². The Kier molecular flexibility index (Phi) is 2.54. The molecule has 3 heteroatoms. The summed E-state index contributed by atoms with van der Waals surface area (Å²) in [6.45, 7) is 2.79. The highest BCUT2D eigenvalue weighted by Crippen LogP contribution is 2.12. The third-order valence-electron chi connectivity index (χ3n) is 1.99. The average Bonchev–Trinajstić information content (AvgIpc) is 2.53. The number of aromatic amines is 1. The Hall–Kier alpha value is -0.960. The molecule has 1 rings (SSSR count). The van der Waals surface area contributed by atoms with Crippen LogP contribution >= 0.6 is 0 Å². The number of rotatable bonds is 3. The van der Waals surface area contributed by atoms with Gasteiger partial charge in [-0.3, -0.25) is 0 Å². The zero-order valence-electron chi connectivity index (χ0n) is 7.04. The van der Waals surface area contributed by atoms with Crippen LogP contribution in [0.15, 0.2) is 18.5 Å². The van der Waals surface area contributed by atoms with Gasteiger partial charge in [0.15, 0.2) is 0 Å². The summed E-state index contributed by atoms with van der Waals surface area (Å²) >= 11 is 0. The molecule has 0 spiro atoms. The highest BCUT2D eigenvalue weighted by molar-refractivity contribution is 5.44. The predicted molar refractivity (Wildman–Crippen MR) is 47.7 cm³/mol. The number of hydrogen-bond donors (Lipinski definition) is 2. The highest BCUT2D eigenvalue weighted by Gasteiger charge is 2.06. The van der Waals surface area contributed by atoms with E-state index in [1.807, 2.05) is 25.5 Å². The molecule has 1 aromatic rings. The minimum atomic E-state index is 0.394. The Morgan fingerprint density at radius 1 is 1.73 bits per heavy atom. The van der Waals surface area contributed by atoms with E-state index in [1.165, 1.54) is 5.69 Å². The quantitative estimate of drug-likeness (QED) is 0.674. The third kappa shape index (κ3) is 1.74. The van der Waals surface area contributed by atoms with Gasteiger partial charge in [-0.25, -0.2) is 0 Å². The Balaban J connectivity index is 2.62. The van der Waals surface area contributed by atoms with Gasteiger partial charge in [-0.2, -0.15) is 0 Å². The topological polar surface area (TPSA) is 45.0 Å². The largest absolute Gasteiger partial charge is 0.369 e. The van der Waals surface area contributed by atoms with Crippen molar-refractivity contribution < 1.29 is 0 Å². The molecule has 3 N–H and O–H groups in total. The number of aromatic nitrogens is 1. The number of H-pyrrole nitrogens is 1. The number of nitrogens with zero attached hydrogens (tertiary/aromatic N) is 1. The smallest absolute Gasteiger partial charge is 0.0543 e. The molecule has 0 saturated heterocycles. The predicted octanol–water partition coefficient (Wildman–Crippen LogP) is 0.798. The lowest BCUT2D eigenvalue weighted by Crippen LogP contribution is -2.34. The van der Waals surface area contributed by atoms with Crippen LogP contribution < -0.4 is 10.6 Å². The summed E-state index contributed by atoms with van der Waals surface area (Å²) < 4.78 is 0. The molecule has 0 aliphatic heterocycles. The lowest BCUT2D eigenvalue weighted by Gasteiger charge is -2.24. The number of nitrogens with one attached hydrogen (secondary N) is 1. The van der Waals surface area contributed by atoms with E-state index in [0.29, 0.717) is 12.6 Å². The van der Waals surface area contributed by atoms with Crippen molar-refractivity contribution in [2.45, 2.75) is 13.0 Å². The average molecular weight is 153 g/mol. The van der Waals surface area contributed by atoms with E-state index >= 15 is 0 Å². The molecule has 3 nitrogen and oxygen atoms in total. The van der Waals surface area contributed by atoms with E-state index in [2.05, 4.69) is 16.8 Å². The minimum absolute atomic E-state index is 0.394. The molecule has 1 heterocycles. The first-order valence-corrected chi connectivity index (χ1v) is 3.81. The van der Waals surface area contributed by atoms with Gasteiger partial charge in [0.1, 0.15) is 0 Å². The summed E-state index contributed by atoms with van der Waals surface area (Å²) in [5.41, 5.74) is 6.71. The van der Waals surface area contributed by atoms with E-state index in [4.69, 9.17) is 5.73 Å². The summed E-state index contributed by atoms with van der Waals surface area (Å²) in [5, 5.41) is 0. The summed E-state index contributed by atoms with van der Waals surface area (Å²) in [6.07, 6.45) is 3.88. The minimum Gasteiger partial charge on any atom is -0.369 e. The van der Waals surface area contributed by atoms with Crippen LogP contribution in [0.1, 0.15) is 6.92 Å². The number of likely N-dealkylation sites (N-methyl/N-ethyl adjacent to an activating group) is 1. The zero-order chi connectivity index (χ0) is 8.27. The van der Waals surface area contributed by atoms with Crippen molar-refractivity contribution in [3.8, 4) is 0 Å². The molecule has 1 unspecified atom stereocenters. The van der Waals surface area contributed by atoms with Gasteiger partial charge in [0.25, 0.3) is 0 Å². The molecule has 0 fully saturated rings. The number of nitrogens with two attached hydrogens (primary N) is 1. The Morgan fingerprint density at radius 3 is 2.91 bits per heavy atom. The van der Waals surface area contributed by atoms with Crippen molar-refractivity contribution in [3.05, 3.63) is 18.5 Å². The molecular weight excluding hydrogens is 138 g/mol. The Morgan fingerprint density at radius 2 is 2.45 bits per heavy atom. The fourth-order valence-electron chi connectivity index (χ4n) is 0.947. The van der Waals surface area contributed by atoms with Crippen LogP contribution in [0, 0.1) is 0 Å². The monoisotopic (exact) mass is 153 g/mol. The molecule has 0 radical (unpaired) electrons. The molecule has 0 aliphatic rings. The van der Waals surface area contributed by atoms with Gasteiger partial charge < -0.3 is 15.6 Å². The Labute approximate surface area is 67.2 Å². The fraction of sp³-hybridized carbons (Fsp3) is 0.500. The second-order valence-corrected chi connectivity index (χ2v) is 2.76. The molecule has 0 saturated carbocycles. The first-order chi connectivity index (χ1) is 5.25. The first kappa shape index (κ1) is 8.14. The van der Waals surface area contributed by atoms with Crippen LogP contribution in [0.3, 0.4) is 0 Å². The maximum atomic E-state index is 5.53. The SMILES string of the molecule is CC(CN)N(C)c1cc[nH]c1. The van der Waals surface area contributed by atoms with Crippen molar-refractivity contribution in [3.63, 3.8) is 0 Å². The van der Waals surface area contributed by atoms with Crippen LogP contribution in [0.25, 0.3) is 0 Å². The van der Waals surface area contributed by atoms with E-state index in [1.54, 1.807) is 0 Å². The number of anilines is 1. The molecule has 0 bridgehead atoms. The van der Waals surface area contributed by atoms with Crippen LogP contribution in [0.4, 0.5) is 5.69 Å². The normalized spacial score (nSPS) is 13.0. The van der Waals surface area contributed by atoms with E-state index in [-0.39, 0.29) is 0 Å². The van der Waals surface area contributed by atoms with Crippen molar-refractivity contribution in [1.29, 1.82) is 0 Å². The van der Waals surface area contributed by atoms with Gasteiger partial charge in [-0.15, -0.1) is 0 Å². The molecule has 0 aromatic carbocycles. The fourth-order valence-corrected chi connectivity index (χ4v) is 0.947. The highest BCUT2D eigenvalue weighted by atomic mass is 15.1. The summed E-state index contributed by atoms with van der Waals surface area (Å²) in [6, 6.07) is 2.43. The lowest BCUT2D eigenvalue weighted by molar-refractivity contribution is 0.696. The first-order valence-electron chi connectivity index (χ1n) is 3.81. The standard InChI is InChI=1S/C8H15N3/c1-7(5-9)11(2)8-3-4-10-6-8/h3-4,6-7,10H,5,9H2,1-2H3. The molecule has 62 valence electrons. The van der Waals surface area contributed by atoms with Crippen LogP contribution in [-0.4, -0.2) is 24.6 Å². The van der Waals surface area contributed by atoms with Gasteiger partial charge in [0.05, 0.1) is 5.69 Å². The van der Waals surface area contributed by atoms with E-state index in [0.717, 1.165) is 0 Å². The van der Waals surface area contributed by atoms with Crippen LogP contribution in [-0.2, 0) is 0 Å². The van der Waals surface area contributed by atoms with Gasteiger partial charge in [0.2, 0.25) is 0 Å². The molecule has 0 amide bonds. The molecule has 0 aliphatic carbocycles. The van der Waals surface area contributed by atoms with E-state index < -0.39 is 0 Å². The van der Waals surface area contributed by atoms with E-state index in [9.17, 15) is 0 Å². The van der Waals surface area contributed by atoms with Crippen molar-refractivity contribution in [2.75, 3.05) is 18.5 Å². The number of hydrogen-bond acceptors (Lipinski definition) is 2. The third-order valence-corrected chi connectivity index (χ3v) is 1.99. The lowest BCUT2D eigenvalue weighted by atomic mass is 10.3. The summed E-state index contributed by atoms with van der Waals surface area (Å²) in [7, 11) is 2.04. The maximum Gasteiger partial charge on any atom is 0.0543 e. The zero-order valence-corrected chi connectivity index (χ0v) is 7.04. The molecule has 11 heavy (non-hydrogen) atoms. The summed E-state index contributed by atoms with van der Waals surface area (Å²) in [5.74, 6) is 0. The van der Waals surface area contributed by atoms with Crippen LogP contribution in [0.2, 0.25) is 0 Å². The Bertz CT molecular complexity index is 193. The van der Waals surface area contributed by atoms with Gasteiger partial charge in [0, 0.05) is 32.0 Å². The second kappa shape index (κ2) is 3.44. The molecular formula is C8H15N3. The molecule has 1 aromatic heterocycles. The van der Waals surface area contributed by atoms with Gasteiger partial charge in [-0.1, -0.05) is 0 Å². The van der Waals surface area contributed by atoms with Gasteiger partial charge in [-0.05, 0) is 13.0 Å². The maximum absolute atomic E-state index is 5.53. The van der Waals surface area contributed by atoms with Crippen LogP contribution in [0.5, 0.6) is 0 Å². The molecule has 1 atom stereocenters. The second-order valence-electron chi connectivity index (χ2n) is 2.76. The van der Waals surface area contributed by atoms with Crippen molar-refractivity contribution in [1.82, 2.24) is 4.98 Å². The van der Waals surface area contributed by atoms with Gasteiger partial charge >= 0.3 is 0 Å². The van der Waals surface area contributed by atoms with Crippen molar-refractivity contribution in [2.24, 2.45) is 5.73 Å². The summed E-state index contributed by atoms with van der Waals surface area (Å²) in [4.78, 5) is 5.16.